The minimum atomic E-state index is -0.314. The topological polar surface area (TPSA) is 82.6 Å². The van der Waals surface area contributed by atoms with E-state index in [1.54, 1.807) is 44.6 Å². The van der Waals surface area contributed by atoms with Crippen molar-refractivity contribution in [1.29, 1.82) is 0 Å². The standard InChI is InChI=1S/C31H34N4O5/c1-32(2)24-9-5-21(6-10-24)31(38)35-26-12-11-25(19-22(26)8-14-29(35)36)33-15-17-34(18-16-33)30(37)23-7-13-27(39-3)28(20-23)40-4/h5-7,9-13,19-20H,8,14-18H2,1-4H3. The Kier molecular flexibility index (Phi) is 7.64. The third kappa shape index (κ3) is 5.19. The second kappa shape index (κ2) is 11.3. The van der Waals surface area contributed by atoms with Crippen molar-refractivity contribution in [2.24, 2.45) is 0 Å². The highest BCUT2D eigenvalue weighted by Crippen LogP contribution is 2.34. The van der Waals surface area contributed by atoms with E-state index in [0.29, 0.717) is 60.9 Å². The van der Waals surface area contributed by atoms with Crippen molar-refractivity contribution in [3.8, 4) is 11.5 Å². The molecule has 0 aliphatic carbocycles. The summed E-state index contributed by atoms with van der Waals surface area (Å²) in [7, 11) is 7.00. The number of ether oxygens (including phenoxy) is 2. The van der Waals surface area contributed by atoms with Crippen LogP contribution in [0, 0.1) is 0 Å². The van der Waals surface area contributed by atoms with Crippen LogP contribution in [0.15, 0.2) is 60.7 Å². The van der Waals surface area contributed by atoms with Crippen molar-refractivity contribution in [3.63, 3.8) is 0 Å². The number of methoxy groups -OCH3 is 2. The molecule has 0 aromatic heterocycles. The van der Waals surface area contributed by atoms with Crippen LogP contribution in [-0.4, -0.2) is 77.1 Å². The first kappa shape index (κ1) is 27.1. The molecule has 40 heavy (non-hydrogen) atoms. The number of nitrogens with zero attached hydrogens (tertiary/aromatic N) is 4. The zero-order chi connectivity index (χ0) is 28.4. The zero-order valence-electron chi connectivity index (χ0n) is 23.3. The average Bonchev–Trinajstić information content (AvgIpc) is 2.99. The Hall–Kier alpha value is -4.53. The molecule has 0 atom stereocenters. The van der Waals surface area contributed by atoms with Crippen LogP contribution >= 0.6 is 0 Å². The van der Waals surface area contributed by atoms with E-state index in [4.69, 9.17) is 9.47 Å². The second-order valence-electron chi connectivity index (χ2n) is 10.1. The Labute approximate surface area is 234 Å². The highest BCUT2D eigenvalue weighted by molar-refractivity contribution is 6.22. The van der Waals surface area contributed by atoms with Crippen LogP contribution in [0.25, 0.3) is 0 Å². The number of aryl methyl sites for hydroxylation is 1. The monoisotopic (exact) mass is 542 g/mol. The maximum absolute atomic E-state index is 13.4. The number of rotatable bonds is 6. The SMILES string of the molecule is COc1ccc(C(=O)N2CCN(c3ccc4c(c3)CCC(=O)N4C(=O)c3ccc(N(C)C)cc3)CC2)cc1OC. The van der Waals surface area contributed by atoms with Gasteiger partial charge in [0.2, 0.25) is 5.91 Å². The molecule has 2 heterocycles. The minimum Gasteiger partial charge on any atom is -0.493 e. The van der Waals surface area contributed by atoms with Crippen LogP contribution in [0.1, 0.15) is 32.7 Å². The van der Waals surface area contributed by atoms with Gasteiger partial charge in [-0.05, 0) is 72.6 Å². The number of anilines is 3. The molecule has 3 aromatic carbocycles. The summed E-state index contributed by atoms with van der Waals surface area (Å²) in [5.74, 6) is 0.561. The Bertz CT molecular complexity index is 1430. The Morgan fingerprint density at radius 1 is 0.750 bits per heavy atom. The van der Waals surface area contributed by atoms with Crippen LogP contribution in [0.5, 0.6) is 11.5 Å². The van der Waals surface area contributed by atoms with E-state index in [1.807, 2.05) is 48.2 Å². The molecule has 0 radical (unpaired) electrons. The van der Waals surface area contributed by atoms with Crippen molar-refractivity contribution in [2.75, 3.05) is 69.2 Å². The molecule has 1 saturated heterocycles. The molecule has 208 valence electrons. The quantitative estimate of drug-likeness (QED) is 0.438. The van der Waals surface area contributed by atoms with Gasteiger partial charge >= 0.3 is 0 Å². The lowest BCUT2D eigenvalue weighted by Crippen LogP contribution is -2.49. The fraction of sp³-hybridized carbons (Fsp3) is 0.323. The van der Waals surface area contributed by atoms with Gasteiger partial charge in [-0.2, -0.15) is 0 Å². The third-order valence-electron chi connectivity index (χ3n) is 7.56. The van der Waals surface area contributed by atoms with Crippen molar-refractivity contribution in [3.05, 3.63) is 77.4 Å². The molecule has 5 rings (SSSR count). The first-order chi connectivity index (χ1) is 19.3. The number of benzene rings is 3. The van der Waals surface area contributed by atoms with E-state index >= 15 is 0 Å². The number of fused-ring (bicyclic) bond motifs is 1. The van der Waals surface area contributed by atoms with E-state index < -0.39 is 0 Å². The summed E-state index contributed by atoms with van der Waals surface area (Å²) < 4.78 is 10.6. The number of piperazine rings is 1. The first-order valence-electron chi connectivity index (χ1n) is 13.3. The Balaban J connectivity index is 1.28. The molecular weight excluding hydrogens is 508 g/mol. The highest BCUT2D eigenvalue weighted by Gasteiger charge is 2.31. The summed E-state index contributed by atoms with van der Waals surface area (Å²) in [5, 5.41) is 0. The second-order valence-corrected chi connectivity index (χ2v) is 10.1. The molecule has 2 aliphatic heterocycles. The largest absolute Gasteiger partial charge is 0.493 e. The van der Waals surface area contributed by atoms with E-state index in [2.05, 4.69) is 11.0 Å². The summed E-state index contributed by atoms with van der Waals surface area (Å²) in [6.45, 7) is 2.52. The van der Waals surface area contributed by atoms with Gasteiger partial charge in [0.05, 0.1) is 19.9 Å². The van der Waals surface area contributed by atoms with Gasteiger partial charge in [0, 0.05) is 69.2 Å². The lowest BCUT2D eigenvalue weighted by Gasteiger charge is -2.37. The highest BCUT2D eigenvalue weighted by atomic mass is 16.5. The van der Waals surface area contributed by atoms with Crippen molar-refractivity contribution < 1.29 is 23.9 Å². The van der Waals surface area contributed by atoms with Gasteiger partial charge in [-0.3, -0.25) is 14.4 Å². The molecule has 0 saturated carbocycles. The number of carbonyl (C=O) groups excluding carboxylic acids is 3. The van der Waals surface area contributed by atoms with Gasteiger partial charge in [0.1, 0.15) is 0 Å². The Morgan fingerprint density at radius 3 is 2.08 bits per heavy atom. The van der Waals surface area contributed by atoms with Gasteiger partial charge in [0.15, 0.2) is 11.5 Å². The Morgan fingerprint density at radius 2 is 1.43 bits per heavy atom. The molecule has 9 nitrogen and oxygen atoms in total. The summed E-state index contributed by atoms with van der Waals surface area (Å²) >= 11 is 0. The number of carbonyl (C=O) groups is 3. The molecule has 0 spiro atoms. The summed E-state index contributed by atoms with van der Waals surface area (Å²) in [5.41, 5.74) is 4.66. The van der Waals surface area contributed by atoms with Crippen LogP contribution in [0.3, 0.4) is 0 Å². The number of amides is 3. The van der Waals surface area contributed by atoms with Crippen LogP contribution in [0.2, 0.25) is 0 Å². The predicted molar refractivity (Wildman–Crippen MR) is 155 cm³/mol. The fourth-order valence-corrected chi connectivity index (χ4v) is 5.25. The van der Waals surface area contributed by atoms with Crippen molar-refractivity contribution in [2.45, 2.75) is 12.8 Å². The molecule has 3 aromatic rings. The van der Waals surface area contributed by atoms with Crippen LogP contribution in [-0.2, 0) is 11.2 Å². The molecular formula is C31H34N4O5. The zero-order valence-corrected chi connectivity index (χ0v) is 23.3. The normalized spacial score (nSPS) is 15.0. The van der Waals surface area contributed by atoms with Gasteiger partial charge < -0.3 is 24.2 Å². The van der Waals surface area contributed by atoms with Crippen molar-refractivity contribution in [1.82, 2.24) is 4.90 Å². The lowest BCUT2D eigenvalue weighted by atomic mass is 9.98. The van der Waals surface area contributed by atoms with Crippen LogP contribution in [0.4, 0.5) is 17.1 Å². The maximum atomic E-state index is 13.4. The molecule has 0 bridgehead atoms. The number of imide groups is 1. The van der Waals surface area contributed by atoms with E-state index in [1.165, 1.54) is 4.90 Å². The molecule has 3 amide bonds. The summed E-state index contributed by atoms with van der Waals surface area (Å²) in [6, 6.07) is 18.4. The smallest absolute Gasteiger partial charge is 0.265 e. The van der Waals surface area contributed by atoms with Crippen molar-refractivity contribution >= 4 is 34.8 Å². The minimum absolute atomic E-state index is 0.0441. The van der Waals surface area contributed by atoms with Gasteiger partial charge in [-0.1, -0.05) is 0 Å². The van der Waals surface area contributed by atoms with E-state index in [0.717, 1.165) is 16.9 Å². The maximum Gasteiger partial charge on any atom is 0.265 e. The van der Waals surface area contributed by atoms with Crippen LogP contribution < -0.4 is 24.2 Å². The van der Waals surface area contributed by atoms with Gasteiger partial charge in [-0.15, -0.1) is 0 Å². The van der Waals surface area contributed by atoms with Gasteiger partial charge in [0.25, 0.3) is 11.8 Å². The molecule has 2 aliphatic rings. The third-order valence-corrected chi connectivity index (χ3v) is 7.56. The summed E-state index contributed by atoms with van der Waals surface area (Å²) in [4.78, 5) is 46.7. The van der Waals surface area contributed by atoms with E-state index in [-0.39, 0.29) is 24.1 Å². The predicted octanol–water partition coefficient (Wildman–Crippen LogP) is 3.85. The number of hydrogen-bond acceptors (Lipinski definition) is 7. The number of hydrogen-bond donors (Lipinski definition) is 0. The fourth-order valence-electron chi connectivity index (χ4n) is 5.25. The van der Waals surface area contributed by atoms with E-state index in [9.17, 15) is 14.4 Å². The van der Waals surface area contributed by atoms with Gasteiger partial charge in [-0.25, -0.2) is 4.90 Å². The molecule has 0 N–H and O–H groups in total. The molecule has 0 unspecified atom stereocenters. The first-order valence-corrected chi connectivity index (χ1v) is 13.3. The lowest BCUT2D eigenvalue weighted by molar-refractivity contribution is -0.118. The molecule has 9 heteroatoms. The average molecular weight is 543 g/mol. The summed E-state index contributed by atoms with van der Waals surface area (Å²) in [6.07, 6.45) is 0.870. The molecule has 1 fully saturated rings.